The highest BCUT2D eigenvalue weighted by Crippen LogP contribution is 2.38. The number of morpholine rings is 1. The SMILES string of the molecule is COC(=N)c1nc(N[C@H](C)C2CCC2)c2c(n1)nc(N1CCOC[C@H]1c1ccccc1)n2CC1CCC(C)CC1. The quantitative estimate of drug-likeness (QED) is 0.272. The van der Waals surface area contributed by atoms with Crippen LogP contribution in [0.25, 0.3) is 11.2 Å². The number of hydrogen-bond donors (Lipinski definition) is 2. The van der Waals surface area contributed by atoms with Crippen molar-refractivity contribution in [1.29, 1.82) is 5.41 Å². The predicted octanol–water partition coefficient (Wildman–Crippen LogP) is 5.80. The third-order valence-corrected chi connectivity index (χ3v) is 9.36. The molecule has 9 nitrogen and oxygen atoms in total. The van der Waals surface area contributed by atoms with Crippen molar-refractivity contribution < 1.29 is 9.47 Å². The van der Waals surface area contributed by atoms with Crippen LogP contribution in [0, 0.1) is 23.2 Å². The van der Waals surface area contributed by atoms with Crippen molar-refractivity contribution in [2.45, 2.75) is 77.4 Å². The van der Waals surface area contributed by atoms with Crippen LogP contribution in [-0.4, -0.2) is 58.3 Å². The molecule has 3 heterocycles. The summed E-state index contributed by atoms with van der Waals surface area (Å²) < 4.78 is 13.6. The fourth-order valence-corrected chi connectivity index (χ4v) is 6.55. The molecule has 6 rings (SSSR count). The Labute approximate surface area is 237 Å². The number of fused-ring (bicyclic) bond motifs is 1. The Kier molecular flexibility index (Phi) is 7.91. The number of nitrogens with zero attached hydrogens (tertiary/aromatic N) is 5. The van der Waals surface area contributed by atoms with E-state index < -0.39 is 0 Å². The molecule has 0 bridgehead atoms. The molecule has 0 radical (unpaired) electrons. The molecule has 3 aliphatic rings. The maximum Gasteiger partial charge on any atom is 0.252 e. The van der Waals surface area contributed by atoms with Gasteiger partial charge in [0.2, 0.25) is 11.8 Å². The van der Waals surface area contributed by atoms with Gasteiger partial charge >= 0.3 is 0 Å². The molecule has 0 unspecified atom stereocenters. The third-order valence-electron chi connectivity index (χ3n) is 9.36. The first-order valence-electron chi connectivity index (χ1n) is 15.1. The topological polar surface area (TPSA) is 101 Å². The molecule has 1 saturated heterocycles. The Morgan fingerprint density at radius 3 is 2.58 bits per heavy atom. The third kappa shape index (κ3) is 5.40. The molecule has 2 aromatic heterocycles. The van der Waals surface area contributed by atoms with Crippen LogP contribution < -0.4 is 10.2 Å². The molecule has 3 aromatic rings. The van der Waals surface area contributed by atoms with Crippen LogP contribution in [0.1, 0.15) is 76.2 Å². The van der Waals surface area contributed by atoms with Crippen LogP contribution in [0.4, 0.5) is 11.8 Å². The van der Waals surface area contributed by atoms with Gasteiger partial charge in [-0.25, -0.2) is 9.97 Å². The summed E-state index contributed by atoms with van der Waals surface area (Å²) in [5, 5.41) is 12.1. The van der Waals surface area contributed by atoms with Gasteiger partial charge < -0.3 is 24.3 Å². The molecule has 0 spiro atoms. The summed E-state index contributed by atoms with van der Waals surface area (Å²) >= 11 is 0. The van der Waals surface area contributed by atoms with Crippen LogP contribution in [0.15, 0.2) is 30.3 Å². The van der Waals surface area contributed by atoms with E-state index in [9.17, 15) is 0 Å². The number of benzene rings is 1. The van der Waals surface area contributed by atoms with Gasteiger partial charge in [0.15, 0.2) is 11.5 Å². The monoisotopic (exact) mass is 545 g/mol. The van der Waals surface area contributed by atoms with E-state index in [4.69, 9.17) is 29.8 Å². The molecule has 2 atom stereocenters. The van der Waals surface area contributed by atoms with Gasteiger partial charge in [-0.1, -0.05) is 56.5 Å². The van der Waals surface area contributed by atoms with Crippen molar-refractivity contribution in [2.75, 3.05) is 37.1 Å². The van der Waals surface area contributed by atoms with E-state index in [0.717, 1.165) is 36.3 Å². The summed E-state index contributed by atoms with van der Waals surface area (Å²) in [7, 11) is 1.49. The van der Waals surface area contributed by atoms with Gasteiger partial charge in [0.05, 0.1) is 26.4 Å². The highest BCUT2D eigenvalue weighted by molar-refractivity contribution is 5.93. The van der Waals surface area contributed by atoms with Crippen LogP contribution in [-0.2, 0) is 16.0 Å². The number of anilines is 2. The Hall–Kier alpha value is -3.20. The predicted molar refractivity (Wildman–Crippen MR) is 158 cm³/mol. The number of imidazole rings is 1. The minimum absolute atomic E-state index is 0.0489. The van der Waals surface area contributed by atoms with Crippen LogP contribution >= 0.6 is 0 Å². The maximum absolute atomic E-state index is 8.35. The van der Waals surface area contributed by atoms with E-state index in [1.165, 1.54) is 57.6 Å². The van der Waals surface area contributed by atoms with Gasteiger partial charge in [-0.3, -0.25) is 5.41 Å². The zero-order chi connectivity index (χ0) is 27.6. The first-order chi connectivity index (χ1) is 19.5. The van der Waals surface area contributed by atoms with Gasteiger partial charge in [-0.15, -0.1) is 0 Å². The van der Waals surface area contributed by atoms with Crippen LogP contribution in [0.5, 0.6) is 0 Å². The zero-order valence-corrected chi connectivity index (χ0v) is 24.1. The molecular formula is C31H43N7O2. The fourth-order valence-electron chi connectivity index (χ4n) is 6.55. The molecule has 2 saturated carbocycles. The number of methoxy groups -OCH3 is 1. The molecule has 214 valence electrons. The van der Waals surface area contributed by atoms with Gasteiger partial charge in [0.25, 0.3) is 5.90 Å². The van der Waals surface area contributed by atoms with Crippen LogP contribution in [0.2, 0.25) is 0 Å². The number of rotatable bonds is 8. The molecule has 9 heteroatoms. The lowest BCUT2D eigenvalue weighted by molar-refractivity contribution is 0.0927. The smallest absolute Gasteiger partial charge is 0.252 e. The lowest BCUT2D eigenvalue weighted by Crippen LogP contribution is -2.41. The fraction of sp³-hybridized carbons (Fsp3) is 0.613. The Balaban J connectivity index is 1.48. The highest BCUT2D eigenvalue weighted by Gasteiger charge is 2.33. The minimum atomic E-state index is -0.0489. The molecule has 2 N–H and O–H groups in total. The van der Waals surface area contributed by atoms with Crippen molar-refractivity contribution in [3.05, 3.63) is 41.7 Å². The summed E-state index contributed by atoms with van der Waals surface area (Å²) in [4.78, 5) is 17.3. The van der Waals surface area contributed by atoms with Crippen molar-refractivity contribution in [3.63, 3.8) is 0 Å². The molecule has 0 amide bonds. The van der Waals surface area contributed by atoms with E-state index in [1.807, 2.05) is 0 Å². The lowest BCUT2D eigenvalue weighted by atomic mass is 9.80. The van der Waals surface area contributed by atoms with Gasteiger partial charge in [-0.05, 0) is 55.9 Å². The minimum Gasteiger partial charge on any atom is -0.479 e. The Morgan fingerprint density at radius 2 is 1.88 bits per heavy atom. The first kappa shape index (κ1) is 27.0. The Bertz CT molecular complexity index is 1310. The average molecular weight is 546 g/mol. The van der Waals surface area contributed by atoms with Crippen LogP contribution in [0.3, 0.4) is 0 Å². The summed E-state index contributed by atoms with van der Waals surface area (Å²) in [6, 6.07) is 10.9. The molecular weight excluding hydrogens is 502 g/mol. The zero-order valence-electron chi connectivity index (χ0n) is 24.1. The van der Waals surface area contributed by atoms with Crippen molar-refractivity contribution in [1.82, 2.24) is 19.5 Å². The molecule has 2 aliphatic carbocycles. The number of ether oxygens (including phenoxy) is 2. The van der Waals surface area contributed by atoms with E-state index >= 15 is 0 Å². The summed E-state index contributed by atoms with van der Waals surface area (Å²) in [5.41, 5.74) is 2.77. The van der Waals surface area contributed by atoms with E-state index in [0.29, 0.717) is 30.7 Å². The lowest BCUT2D eigenvalue weighted by Gasteiger charge is -2.37. The largest absolute Gasteiger partial charge is 0.479 e. The summed E-state index contributed by atoms with van der Waals surface area (Å²) in [5.74, 6) is 3.90. The van der Waals surface area contributed by atoms with Gasteiger partial charge in [-0.2, -0.15) is 4.98 Å². The number of hydrogen-bond acceptors (Lipinski definition) is 8. The summed E-state index contributed by atoms with van der Waals surface area (Å²) in [6.45, 7) is 7.52. The standard InChI is InChI=1S/C31H43N7O2/c1-20-12-14-22(15-13-20)18-38-26-28(33-21(2)23-10-7-11-23)34-30(27(32)39-3)35-29(26)36-31(38)37-16-17-40-19-25(37)24-8-5-4-6-9-24/h4-6,8-9,20-23,25,32H,7,10-19H2,1-3H3,(H,33,34,35)/t20?,21-,22?,25+/m1/s1. The van der Waals surface area contributed by atoms with E-state index in [-0.39, 0.29) is 23.8 Å². The second-order valence-electron chi connectivity index (χ2n) is 12.1. The molecule has 1 aliphatic heterocycles. The molecule has 3 fully saturated rings. The van der Waals surface area contributed by atoms with E-state index in [2.05, 4.69) is 59.0 Å². The average Bonchev–Trinajstić information content (AvgIpc) is 3.31. The maximum atomic E-state index is 8.35. The highest BCUT2D eigenvalue weighted by atomic mass is 16.5. The molecule has 1 aromatic carbocycles. The van der Waals surface area contributed by atoms with Gasteiger partial charge in [0, 0.05) is 19.1 Å². The van der Waals surface area contributed by atoms with E-state index in [1.54, 1.807) is 0 Å². The van der Waals surface area contributed by atoms with Crippen molar-refractivity contribution in [3.8, 4) is 0 Å². The second-order valence-corrected chi connectivity index (χ2v) is 12.1. The number of nitrogens with one attached hydrogen (secondary N) is 2. The number of aromatic nitrogens is 4. The second kappa shape index (κ2) is 11.7. The van der Waals surface area contributed by atoms with Crippen molar-refractivity contribution in [2.24, 2.45) is 17.8 Å². The summed E-state index contributed by atoms with van der Waals surface area (Å²) in [6.07, 6.45) is 8.75. The molecule has 40 heavy (non-hydrogen) atoms. The normalized spacial score (nSPS) is 24.5. The first-order valence-corrected chi connectivity index (χ1v) is 15.1. The Morgan fingerprint density at radius 1 is 1.10 bits per heavy atom. The van der Waals surface area contributed by atoms with Crippen molar-refractivity contribution >= 4 is 28.8 Å². The van der Waals surface area contributed by atoms with Gasteiger partial charge in [0.1, 0.15) is 5.52 Å².